The molecular formula is C29H36ClN3O5. The lowest BCUT2D eigenvalue weighted by Crippen LogP contribution is -2.48. The number of nitrogens with zero attached hydrogens (tertiary/aromatic N) is 2. The van der Waals surface area contributed by atoms with Gasteiger partial charge in [-0.05, 0) is 74.7 Å². The fraction of sp³-hybridized carbons (Fsp3) is 0.379. The predicted octanol–water partition coefficient (Wildman–Crippen LogP) is 6.16. The third-order valence-corrected chi connectivity index (χ3v) is 6.61. The van der Waals surface area contributed by atoms with Crippen molar-refractivity contribution >= 4 is 29.2 Å². The van der Waals surface area contributed by atoms with E-state index in [1.807, 2.05) is 51.1 Å². The highest BCUT2D eigenvalue weighted by Gasteiger charge is 2.25. The molecule has 3 aromatic rings. The van der Waals surface area contributed by atoms with E-state index in [4.69, 9.17) is 25.5 Å². The summed E-state index contributed by atoms with van der Waals surface area (Å²) in [6.45, 7) is 6.42. The van der Waals surface area contributed by atoms with Gasteiger partial charge in [0.05, 0.1) is 20.8 Å². The van der Waals surface area contributed by atoms with Crippen molar-refractivity contribution in [2.75, 3.05) is 32.6 Å². The first-order valence-corrected chi connectivity index (χ1v) is 13.0. The third-order valence-electron chi connectivity index (χ3n) is 6.38. The lowest BCUT2D eigenvalue weighted by atomic mass is 10.1. The number of carbonyl (C=O) groups is 2. The van der Waals surface area contributed by atoms with Crippen molar-refractivity contribution < 1.29 is 23.5 Å². The number of furan rings is 1. The van der Waals surface area contributed by atoms with Gasteiger partial charge in [-0.3, -0.25) is 4.79 Å². The van der Waals surface area contributed by atoms with Gasteiger partial charge in [0.1, 0.15) is 18.1 Å². The van der Waals surface area contributed by atoms with Gasteiger partial charge in [-0.25, -0.2) is 4.79 Å². The molecule has 1 N–H and O–H groups in total. The Balaban J connectivity index is 1.78. The molecule has 9 heteroatoms. The first-order valence-electron chi connectivity index (χ1n) is 12.6. The molecule has 3 amide bonds. The number of methoxy groups -OCH3 is 2. The van der Waals surface area contributed by atoms with Crippen LogP contribution in [-0.4, -0.2) is 55.1 Å². The van der Waals surface area contributed by atoms with E-state index < -0.39 is 0 Å². The highest BCUT2D eigenvalue weighted by atomic mass is 35.5. The number of amides is 3. The number of hydrogen-bond donors (Lipinski definition) is 1. The number of aryl methyl sites for hydroxylation is 1. The normalized spacial score (nSPS) is 11.5. The van der Waals surface area contributed by atoms with Crippen LogP contribution >= 0.6 is 11.6 Å². The van der Waals surface area contributed by atoms with Gasteiger partial charge in [0, 0.05) is 23.3 Å². The van der Waals surface area contributed by atoms with Gasteiger partial charge in [0.25, 0.3) is 0 Å². The summed E-state index contributed by atoms with van der Waals surface area (Å²) >= 11 is 6.07. The molecular weight excluding hydrogens is 506 g/mol. The summed E-state index contributed by atoms with van der Waals surface area (Å²) in [6, 6.07) is 15.9. The monoisotopic (exact) mass is 541 g/mol. The van der Waals surface area contributed by atoms with Crippen molar-refractivity contribution in [3.63, 3.8) is 0 Å². The molecule has 0 saturated heterocycles. The average Bonchev–Trinajstić information content (AvgIpc) is 3.33. The van der Waals surface area contributed by atoms with Gasteiger partial charge in [-0.15, -0.1) is 0 Å². The van der Waals surface area contributed by atoms with E-state index in [9.17, 15) is 9.59 Å². The van der Waals surface area contributed by atoms with Gasteiger partial charge >= 0.3 is 6.03 Å². The molecule has 0 bridgehead atoms. The number of urea groups is 1. The highest BCUT2D eigenvalue weighted by molar-refractivity contribution is 6.30. The van der Waals surface area contributed by atoms with Crippen molar-refractivity contribution in [2.24, 2.45) is 0 Å². The number of hydrogen-bond acceptors (Lipinski definition) is 5. The second-order valence-electron chi connectivity index (χ2n) is 9.09. The zero-order chi connectivity index (χ0) is 27.7. The van der Waals surface area contributed by atoms with E-state index >= 15 is 0 Å². The second-order valence-corrected chi connectivity index (χ2v) is 9.53. The summed E-state index contributed by atoms with van der Waals surface area (Å²) in [7, 11) is 3.18. The lowest BCUT2D eigenvalue weighted by molar-refractivity contribution is -0.133. The van der Waals surface area contributed by atoms with Crippen LogP contribution in [0.5, 0.6) is 11.5 Å². The van der Waals surface area contributed by atoms with Gasteiger partial charge in [0.15, 0.2) is 11.5 Å². The van der Waals surface area contributed by atoms with Crippen LogP contribution in [0.4, 0.5) is 10.5 Å². The summed E-state index contributed by atoms with van der Waals surface area (Å²) in [5.41, 5.74) is 1.56. The molecule has 0 aliphatic heterocycles. The van der Waals surface area contributed by atoms with E-state index in [0.29, 0.717) is 53.9 Å². The predicted molar refractivity (Wildman–Crippen MR) is 149 cm³/mol. The summed E-state index contributed by atoms with van der Waals surface area (Å²) < 4.78 is 16.5. The zero-order valence-electron chi connectivity index (χ0n) is 22.6. The van der Waals surface area contributed by atoms with E-state index in [1.165, 1.54) is 0 Å². The minimum atomic E-state index is -0.358. The largest absolute Gasteiger partial charge is 0.493 e. The van der Waals surface area contributed by atoms with Gasteiger partial charge < -0.3 is 29.0 Å². The lowest BCUT2D eigenvalue weighted by Gasteiger charge is -2.31. The van der Waals surface area contributed by atoms with Gasteiger partial charge in [0.2, 0.25) is 5.91 Å². The summed E-state index contributed by atoms with van der Waals surface area (Å²) in [4.78, 5) is 30.1. The number of nitrogens with one attached hydrogen (secondary N) is 1. The van der Waals surface area contributed by atoms with Crippen molar-refractivity contribution in [3.8, 4) is 11.5 Å². The number of benzene rings is 2. The summed E-state index contributed by atoms with van der Waals surface area (Å²) in [5.74, 6) is 2.55. The van der Waals surface area contributed by atoms with E-state index in [-0.39, 0.29) is 24.5 Å². The molecule has 1 unspecified atom stereocenters. The third kappa shape index (κ3) is 7.92. The molecule has 0 aliphatic rings. The topological polar surface area (TPSA) is 84.2 Å². The van der Waals surface area contributed by atoms with Crippen LogP contribution in [0.2, 0.25) is 5.02 Å². The second kappa shape index (κ2) is 13.8. The molecule has 0 spiro atoms. The number of carbonyl (C=O) groups excluding carboxylic acids is 2. The first kappa shape index (κ1) is 28.9. The van der Waals surface area contributed by atoms with Crippen LogP contribution in [0, 0.1) is 6.92 Å². The van der Waals surface area contributed by atoms with E-state index in [2.05, 4.69) is 5.32 Å². The smallest absolute Gasteiger partial charge is 0.322 e. The number of ether oxygens (including phenoxy) is 2. The van der Waals surface area contributed by atoms with Crippen LogP contribution in [0.25, 0.3) is 0 Å². The maximum atomic E-state index is 13.6. The zero-order valence-corrected chi connectivity index (χ0v) is 23.4. The number of rotatable bonds is 12. The molecule has 38 heavy (non-hydrogen) atoms. The molecule has 1 atom stereocenters. The van der Waals surface area contributed by atoms with E-state index in [1.54, 1.807) is 48.3 Å². The summed E-state index contributed by atoms with van der Waals surface area (Å²) in [5, 5.41) is 3.38. The quantitative estimate of drug-likeness (QED) is 0.297. The van der Waals surface area contributed by atoms with Crippen LogP contribution in [0.3, 0.4) is 0 Å². The maximum Gasteiger partial charge on any atom is 0.322 e. The van der Waals surface area contributed by atoms with Crippen molar-refractivity contribution in [3.05, 3.63) is 76.7 Å². The van der Waals surface area contributed by atoms with Crippen LogP contribution in [0.15, 0.2) is 59.0 Å². The van der Waals surface area contributed by atoms with E-state index in [0.717, 1.165) is 11.3 Å². The Bertz CT molecular complexity index is 1230. The number of anilines is 1. The van der Waals surface area contributed by atoms with Crippen molar-refractivity contribution in [2.45, 2.75) is 46.2 Å². The molecule has 8 nitrogen and oxygen atoms in total. The van der Waals surface area contributed by atoms with Crippen LogP contribution in [-0.2, 0) is 17.8 Å². The molecule has 0 fully saturated rings. The van der Waals surface area contributed by atoms with Crippen molar-refractivity contribution in [1.82, 2.24) is 9.80 Å². The minimum absolute atomic E-state index is 0.0764. The summed E-state index contributed by atoms with van der Waals surface area (Å²) in [6.07, 6.45) is 1.28. The molecule has 1 heterocycles. The van der Waals surface area contributed by atoms with Crippen LogP contribution < -0.4 is 14.8 Å². The van der Waals surface area contributed by atoms with Gasteiger partial charge in [-0.1, -0.05) is 30.7 Å². The molecule has 1 aromatic heterocycles. The minimum Gasteiger partial charge on any atom is -0.493 e. The Morgan fingerprint density at radius 2 is 1.82 bits per heavy atom. The Labute approximate surface area is 229 Å². The average molecular weight is 542 g/mol. The SMILES string of the molecule is CCC(C)N(CC(=O)N(CCc1ccc(OC)c(OC)c1)Cc1ccc(C)o1)C(=O)Nc1cccc(Cl)c1. The van der Waals surface area contributed by atoms with Crippen LogP contribution in [0.1, 0.15) is 37.4 Å². The molecule has 3 rings (SSSR count). The maximum absolute atomic E-state index is 13.6. The standard InChI is InChI=1S/C29H36ClN3O5/c1-6-20(2)33(29(35)31-24-9-7-8-23(30)17-24)19-28(34)32(18-25-12-10-21(3)38-25)15-14-22-11-13-26(36-4)27(16-22)37-5/h7-13,16-17,20H,6,14-15,18-19H2,1-5H3,(H,31,35). The molecule has 0 aliphatic carbocycles. The Kier molecular flexibility index (Phi) is 10.5. The Hall–Kier alpha value is -3.65. The molecule has 0 radical (unpaired) electrons. The fourth-order valence-electron chi connectivity index (χ4n) is 4.01. The molecule has 204 valence electrons. The molecule has 0 saturated carbocycles. The van der Waals surface area contributed by atoms with Crippen molar-refractivity contribution in [1.29, 1.82) is 0 Å². The number of halogens is 1. The molecule has 2 aromatic carbocycles. The Morgan fingerprint density at radius 1 is 1.05 bits per heavy atom. The fourth-order valence-corrected chi connectivity index (χ4v) is 4.20. The Morgan fingerprint density at radius 3 is 2.45 bits per heavy atom. The van der Waals surface area contributed by atoms with Gasteiger partial charge in [-0.2, -0.15) is 0 Å². The first-order chi connectivity index (χ1) is 18.2. The highest BCUT2D eigenvalue weighted by Crippen LogP contribution is 2.28.